The molecule has 2 rings (SSSR count). The van der Waals surface area contributed by atoms with Crippen LogP contribution in [0.1, 0.15) is 0 Å². The van der Waals surface area contributed by atoms with Crippen molar-refractivity contribution in [2.24, 2.45) is 22.9 Å². The minimum atomic E-state index is -0.177. The zero-order valence-corrected chi connectivity index (χ0v) is 9.05. The van der Waals surface area contributed by atoms with Gasteiger partial charge >= 0.3 is 0 Å². The molecule has 2 aromatic rings. The van der Waals surface area contributed by atoms with Gasteiger partial charge in [-0.15, -0.1) is 5.11 Å². The lowest BCUT2D eigenvalue weighted by molar-refractivity contribution is 0.391. The van der Waals surface area contributed by atoms with Crippen molar-refractivity contribution in [1.29, 1.82) is 5.53 Å². The zero-order valence-electron chi connectivity index (χ0n) is 9.05. The molecule has 0 amide bonds. The summed E-state index contributed by atoms with van der Waals surface area (Å²) in [5.41, 5.74) is 12.4. The highest BCUT2D eigenvalue weighted by Crippen LogP contribution is 2.36. The van der Waals surface area contributed by atoms with E-state index in [0.717, 1.165) is 0 Å². The molecule has 0 saturated heterocycles. The molecule has 0 unspecified atom stereocenters. The van der Waals surface area contributed by atoms with Crippen LogP contribution in [0.15, 0.2) is 28.3 Å². The number of hydrogen-bond donors (Lipinski definition) is 4. The fraction of sp³-hybridized carbons (Fsp3) is 0.100. The van der Waals surface area contributed by atoms with Crippen molar-refractivity contribution in [2.75, 3.05) is 0 Å². The van der Waals surface area contributed by atoms with Crippen molar-refractivity contribution in [2.45, 2.75) is 0 Å². The van der Waals surface area contributed by atoms with Crippen LogP contribution in [-0.4, -0.2) is 20.7 Å². The zero-order chi connectivity index (χ0) is 12.6. The van der Waals surface area contributed by atoms with Gasteiger partial charge in [-0.1, -0.05) is 0 Å². The number of benzene rings is 1. The number of guanidine groups is 1. The van der Waals surface area contributed by atoms with Crippen LogP contribution in [0, 0.1) is 5.53 Å². The van der Waals surface area contributed by atoms with Crippen molar-refractivity contribution in [3.63, 3.8) is 0 Å². The Labute approximate surface area is 96.3 Å². The van der Waals surface area contributed by atoms with Gasteiger partial charge in [0.1, 0.15) is 0 Å². The molecule has 0 fully saturated rings. The Kier molecular flexibility index (Phi) is 2.43. The van der Waals surface area contributed by atoms with Crippen molar-refractivity contribution < 1.29 is 10.2 Å². The molecule has 0 aliphatic rings. The number of hydrogen-bond acceptors (Lipinski definition) is 4. The van der Waals surface area contributed by atoms with Gasteiger partial charge in [0.25, 0.3) is 0 Å². The number of nitrogens with two attached hydrogens (primary N) is 1. The number of fused-ring (bicyclic) bond motifs is 1. The van der Waals surface area contributed by atoms with E-state index in [-0.39, 0.29) is 17.7 Å². The highest BCUT2D eigenvalue weighted by atomic mass is 16.3. The van der Waals surface area contributed by atoms with Crippen LogP contribution in [0.2, 0.25) is 0 Å². The molecule has 0 bridgehead atoms. The molecule has 0 aliphatic heterocycles. The fourth-order valence-corrected chi connectivity index (χ4v) is 1.60. The second kappa shape index (κ2) is 3.78. The molecule has 0 atom stereocenters. The Morgan fingerprint density at radius 3 is 2.59 bits per heavy atom. The second-order valence-electron chi connectivity index (χ2n) is 3.52. The summed E-state index contributed by atoms with van der Waals surface area (Å²) in [7, 11) is 1.54. The maximum Gasteiger partial charge on any atom is 0.239 e. The average molecular weight is 233 g/mol. The number of nitrogens with zero attached hydrogens (tertiary/aromatic N) is 3. The van der Waals surface area contributed by atoms with Gasteiger partial charge in [-0.05, 0) is 18.2 Å². The summed E-state index contributed by atoms with van der Waals surface area (Å²) in [5, 5.41) is 23.4. The summed E-state index contributed by atoms with van der Waals surface area (Å²) in [6.45, 7) is 0. The van der Waals surface area contributed by atoms with Crippen LogP contribution in [-0.2, 0) is 7.05 Å². The van der Waals surface area contributed by atoms with Gasteiger partial charge in [0.05, 0.1) is 5.69 Å². The molecule has 0 aliphatic carbocycles. The maximum atomic E-state index is 9.76. The first kappa shape index (κ1) is 10.9. The van der Waals surface area contributed by atoms with E-state index in [4.69, 9.17) is 11.3 Å². The predicted molar refractivity (Wildman–Crippen MR) is 62.7 cm³/mol. The smallest absolute Gasteiger partial charge is 0.239 e. The van der Waals surface area contributed by atoms with Gasteiger partial charge in [0.2, 0.25) is 17.7 Å². The number of aromatic nitrogens is 1. The van der Waals surface area contributed by atoms with Gasteiger partial charge in [-0.25, -0.2) is 10.5 Å². The van der Waals surface area contributed by atoms with E-state index in [0.29, 0.717) is 16.5 Å². The molecule has 88 valence electrons. The fourth-order valence-electron chi connectivity index (χ4n) is 1.60. The quantitative estimate of drug-likeness (QED) is 0.340. The predicted octanol–water partition coefficient (Wildman–Crippen LogP) is 1.57. The molecular formula is C10H11N5O2. The highest BCUT2D eigenvalue weighted by molar-refractivity contribution is 5.95. The number of rotatable bonds is 1. The summed E-state index contributed by atoms with van der Waals surface area (Å²) in [5.74, 6) is -0.258. The van der Waals surface area contributed by atoms with E-state index in [1.165, 1.54) is 4.57 Å². The van der Waals surface area contributed by atoms with Crippen LogP contribution >= 0.6 is 0 Å². The van der Waals surface area contributed by atoms with Crippen molar-refractivity contribution in [3.05, 3.63) is 18.2 Å². The molecule has 0 saturated carbocycles. The molecule has 7 heteroatoms. The van der Waals surface area contributed by atoms with Gasteiger partial charge < -0.3 is 15.9 Å². The normalized spacial score (nSPS) is 11.9. The molecule has 0 radical (unpaired) electrons. The van der Waals surface area contributed by atoms with Crippen molar-refractivity contribution in [3.8, 4) is 11.8 Å². The Morgan fingerprint density at radius 1 is 1.29 bits per heavy atom. The second-order valence-corrected chi connectivity index (χ2v) is 3.52. The van der Waals surface area contributed by atoms with Gasteiger partial charge in [-0.2, -0.15) is 0 Å². The summed E-state index contributed by atoms with van der Waals surface area (Å²) in [6, 6.07) is 4.78. The monoisotopic (exact) mass is 233 g/mol. The molecule has 7 nitrogen and oxygen atoms in total. The van der Waals surface area contributed by atoms with E-state index < -0.39 is 0 Å². The average Bonchev–Trinajstić information content (AvgIpc) is 2.54. The third kappa shape index (κ3) is 1.67. The lowest BCUT2D eigenvalue weighted by Crippen LogP contribution is -2.05. The van der Waals surface area contributed by atoms with Crippen LogP contribution in [0.5, 0.6) is 11.8 Å². The van der Waals surface area contributed by atoms with Gasteiger partial charge in [0.15, 0.2) is 0 Å². The van der Waals surface area contributed by atoms with Crippen LogP contribution < -0.4 is 5.73 Å². The van der Waals surface area contributed by atoms with E-state index in [9.17, 15) is 10.2 Å². The number of aliphatic imine (C=N–C) groups is 1. The molecule has 0 spiro atoms. The van der Waals surface area contributed by atoms with Crippen molar-refractivity contribution >= 4 is 22.4 Å². The van der Waals surface area contributed by atoms with Crippen molar-refractivity contribution in [1.82, 2.24) is 4.57 Å². The first-order valence-corrected chi connectivity index (χ1v) is 4.76. The Hall–Kier alpha value is -2.57. The van der Waals surface area contributed by atoms with E-state index >= 15 is 0 Å². The SMILES string of the molecule is Cn1c(O)c2ccc(N=C(N)N=N)cc2c1O. The third-order valence-electron chi connectivity index (χ3n) is 2.48. The van der Waals surface area contributed by atoms with E-state index in [2.05, 4.69) is 10.1 Å². The standard InChI is InChI=1S/C10H11N5O2/c1-15-8(16)6-3-2-5(13-10(11)14-12)4-7(6)9(15)17/h2-4,12,16-17H,1H3,(H2,11,13). The summed E-state index contributed by atoms with van der Waals surface area (Å²) in [6.07, 6.45) is 0. The van der Waals surface area contributed by atoms with Gasteiger partial charge in [0, 0.05) is 17.8 Å². The van der Waals surface area contributed by atoms with Crippen LogP contribution in [0.4, 0.5) is 5.69 Å². The first-order chi connectivity index (χ1) is 8.04. The molecular weight excluding hydrogens is 222 g/mol. The summed E-state index contributed by atoms with van der Waals surface area (Å²) >= 11 is 0. The molecule has 1 aromatic carbocycles. The van der Waals surface area contributed by atoms with E-state index in [1.54, 1.807) is 25.2 Å². The van der Waals surface area contributed by atoms with Crippen LogP contribution in [0.3, 0.4) is 0 Å². The highest BCUT2D eigenvalue weighted by Gasteiger charge is 2.13. The largest absolute Gasteiger partial charge is 0.494 e. The summed E-state index contributed by atoms with van der Waals surface area (Å²) in [4.78, 5) is 3.85. The minimum Gasteiger partial charge on any atom is -0.494 e. The molecule has 5 N–H and O–H groups in total. The number of aromatic hydroxyl groups is 2. The van der Waals surface area contributed by atoms with Crippen LogP contribution in [0.25, 0.3) is 10.8 Å². The topological polar surface area (TPSA) is 120 Å². The first-order valence-electron chi connectivity index (χ1n) is 4.76. The van der Waals surface area contributed by atoms with Gasteiger partial charge in [-0.3, -0.25) is 4.57 Å². The molecule has 1 heterocycles. The maximum absolute atomic E-state index is 9.76. The molecule has 17 heavy (non-hydrogen) atoms. The Balaban J connectivity index is 2.66. The van der Waals surface area contributed by atoms with E-state index in [1.807, 2.05) is 0 Å². The Morgan fingerprint density at radius 2 is 1.94 bits per heavy atom. The molecule has 1 aromatic heterocycles. The summed E-state index contributed by atoms with van der Waals surface area (Å²) < 4.78 is 1.26. The third-order valence-corrected chi connectivity index (χ3v) is 2.48. The Bertz CT molecular complexity index is 629. The number of nitrogens with one attached hydrogen (secondary N) is 1. The minimum absolute atomic E-state index is 0.0221. The lowest BCUT2D eigenvalue weighted by atomic mass is 10.2. The lowest BCUT2D eigenvalue weighted by Gasteiger charge is -1.95.